The van der Waals surface area contributed by atoms with E-state index in [0.29, 0.717) is 17.7 Å². The number of halogens is 1. The number of nitrogens with zero attached hydrogens (tertiary/aromatic N) is 1. The van der Waals surface area contributed by atoms with Crippen LogP contribution in [0.15, 0.2) is 18.2 Å². The minimum atomic E-state index is -0.454. The molecule has 1 rings (SSSR count). The van der Waals surface area contributed by atoms with Crippen molar-refractivity contribution >= 4 is 5.69 Å². The summed E-state index contributed by atoms with van der Waals surface area (Å²) in [5.74, 6) is -0.454. The van der Waals surface area contributed by atoms with Crippen molar-refractivity contribution in [2.75, 3.05) is 11.9 Å². The molecule has 1 aromatic carbocycles. The van der Waals surface area contributed by atoms with Gasteiger partial charge in [-0.1, -0.05) is 0 Å². The zero-order valence-corrected chi connectivity index (χ0v) is 9.42. The zero-order valence-electron chi connectivity index (χ0n) is 9.42. The first-order valence-corrected chi connectivity index (χ1v) is 5.07. The van der Waals surface area contributed by atoms with Crippen LogP contribution in [0.4, 0.5) is 10.1 Å². The second-order valence-corrected chi connectivity index (χ2v) is 4.29. The minimum Gasteiger partial charge on any atom is -0.396 e. The third-order valence-corrected chi connectivity index (χ3v) is 2.31. The number of aliphatic hydroxyl groups excluding tert-OH is 1. The average molecular weight is 222 g/mol. The monoisotopic (exact) mass is 222 g/mol. The zero-order chi connectivity index (χ0) is 12.2. The molecule has 0 aliphatic carbocycles. The Labute approximate surface area is 94.5 Å². The van der Waals surface area contributed by atoms with Crippen LogP contribution in [-0.4, -0.2) is 17.3 Å². The third-order valence-electron chi connectivity index (χ3n) is 2.31. The van der Waals surface area contributed by atoms with Crippen LogP contribution in [0.1, 0.15) is 25.8 Å². The SMILES string of the molecule is CC(C)(CCO)Nc1ccc(C#N)cc1F. The van der Waals surface area contributed by atoms with Gasteiger partial charge in [0.1, 0.15) is 5.82 Å². The lowest BCUT2D eigenvalue weighted by atomic mass is 10.0. The van der Waals surface area contributed by atoms with Gasteiger partial charge in [0, 0.05) is 12.1 Å². The summed E-state index contributed by atoms with van der Waals surface area (Å²) in [4.78, 5) is 0. The highest BCUT2D eigenvalue weighted by Crippen LogP contribution is 2.21. The number of hydrogen-bond donors (Lipinski definition) is 2. The van der Waals surface area contributed by atoms with E-state index in [9.17, 15) is 4.39 Å². The summed E-state index contributed by atoms with van der Waals surface area (Å²) < 4.78 is 13.5. The summed E-state index contributed by atoms with van der Waals surface area (Å²) in [7, 11) is 0. The maximum Gasteiger partial charge on any atom is 0.147 e. The Kier molecular flexibility index (Phi) is 3.86. The molecule has 0 aliphatic rings. The summed E-state index contributed by atoms with van der Waals surface area (Å²) >= 11 is 0. The second kappa shape index (κ2) is 4.95. The van der Waals surface area contributed by atoms with Crippen molar-refractivity contribution in [3.63, 3.8) is 0 Å². The van der Waals surface area contributed by atoms with E-state index in [1.165, 1.54) is 12.1 Å². The van der Waals surface area contributed by atoms with Crippen LogP contribution < -0.4 is 5.32 Å². The van der Waals surface area contributed by atoms with Crippen molar-refractivity contribution in [3.8, 4) is 6.07 Å². The Morgan fingerprint density at radius 1 is 1.50 bits per heavy atom. The van der Waals surface area contributed by atoms with Crippen LogP contribution in [0.5, 0.6) is 0 Å². The van der Waals surface area contributed by atoms with Crippen LogP contribution >= 0.6 is 0 Å². The highest BCUT2D eigenvalue weighted by atomic mass is 19.1. The van der Waals surface area contributed by atoms with Crippen molar-refractivity contribution in [2.45, 2.75) is 25.8 Å². The number of aliphatic hydroxyl groups is 1. The van der Waals surface area contributed by atoms with E-state index in [0.717, 1.165) is 0 Å². The van der Waals surface area contributed by atoms with Gasteiger partial charge in [-0.05, 0) is 38.5 Å². The molecule has 0 aromatic heterocycles. The molecule has 1 aromatic rings. The highest BCUT2D eigenvalue weighted by Gasteiger charge is 2.18. The first-order chi connectivity index (χ1) is 7.48. The third kappa shape index (κ3) is 3.21. The van der Waals surface area contributed by atoms with Gasteiger partial charge in [-0.2, -0.15) is 5.26 Å². The number of hydrogen-bond acceptors (Lipinski definition) is 3. The fourth-order valence-corrected chi connectivity index (χ4v) is 1.39. The van der Waals surface area contributed by atoms with Gasteiger partial charge in [-0.3, -0.25) is 0 Å². The fraction of sp³-hybridized carbons (Fsp3) is 0.417. The van der Waals surface area contributed by atoms with E-state index in [2.05, 4.69) is 5.32 Å². The maximum atomic E-state index is 13.5. The quantitative estimate of drug-likeness (QED) is 0.821. The van der Waals surface area contributed by atoms with Crippen molar-refractivity contribution in [1.29, 1.82) is 5.26 Å². The summed E-state index contributed by atoms with van der Waals surface area (Å²) in [5, 5.41) is 20.4. The molecule has 0 spiro atoms. The molecule has 4 heteroatoms. The predicted molar refractivity (Wildman–Crippen MR) is 60.5 cm³/mol. The molecule has 86 valence electrons. The maximum absolute atomic E-state index is 13.5. The largest absolute Gasteiger partial charge is 0.396 e. The van der Waals surface area contributed by atoms with Crippen LogP contribution in [0.3, 0.4) is 0 Å². The molecule has 2 N–H and O–H groups in total. The Balaban J connectivity index is 2.86. The number of rotatable bonds is 4. The molecular weight excluding hydrogens is 207 g/mol. The molecule has 0 fully saturated rings. The Hall–Kier alpha value is -1.60. The van der Waals surface area contributed by atoms with Crippen molar-refractivity contribution in [3.05, 3.63) is 29.6 Å². The van der Waals surface area contributed by atoms with Gasteiger partial charge in [0.25, 0.3) is 0 Å². The summed E-state index contributed by atoms with van der Waals surface area (Å²) in [6.07, 6.45) is 0.520. The van der Waals surface area contributed by atoms with Gasteiger partial charge in [-0.25, -0.2) is 4.39 Å². The van der Waals surface area contributed by atoms with Crippen LogP contribution in [-0.2, 0) is 0 Å². The van der Waals surface area contributed by atoms with Gasteiger partial charge < -0.3 is 10.4 Å². The molecule has 0 unspecified atom stereocenters. The molecule has 0 bridgehead atoms. The molecule has 0 radical (unpaired) electrons. The first kappa shape index (κ1) is 12.5. The average Bonchev–Trinajstić information content (AvgIpc) is 2.20. The van der Waals surface area contributed by atoms with Gasteiger partial charge >= 0.3 is 0 Å². The molecule has 0 amide bonds. The van der Waals surface area contributed by atoms with E-state index in [4.69, 9.17) is 10.4 Å². The van der Waals surface area contributed by atoms with Crippen molar-refractivity contribution in [2.24, 2.45) is 0 Å². The molecule has 0 heterocycles. The van der Waals surface area contributed by atoms with Crippen molar-refractivity contribution in [1.82, 2.24) is 0 Å². The number of benzene rings is 1. The standard InChI is InChI=1S/C12H15FN2O/c1-12(2,5-6-16)15-11-4-3-9(8-14)7-10(11)13/h3-4,7,15-16H,5-6H2,1-2H3. The molecule has 0 saturated carbocycles. The van der Waals surface area contributed by atoms with E-state index < -0.39 is 5.82 Å². The second-order valence-electron chi connectivity index (χ2n) is 4.29. The summed E-state index contributed by atoms with van der Waals surface area (Å²) in [6, 6.07) is 6.16. The minimum absolute atomic E-state index is 0.0396. The van der Waals surface area contributed by atoms with Gasteiger partial charge in [0.2, 0.25) is 0 Å². The van der Waals surface area contributed by atoms with Crippen molar-refractivity contribution < 1.29 is 9.50 Å². The fourth-order valence-electron chi connectivity index (χ4n) is 1.39. The lowest BCUT2D eigenvalue weighted by Gasteiger charge is -2.27. The molecule has 0 atom stereocenters. The van der Waals surface area contributed by atoms with Crippen LogP contribution in [0.2, 0.25) is 0 Å². The predicted octanol–water partition coefficient (Wildman–Crippen LogP) is 2.27. The van der Waals surface area contributed by atoms with E-state index >= 15 is 0 Å². The smallest absolute Gasteiger partial charge is 0.147 e. The number of anilines is 1. The Morgan fingerprint density at radius 3 is 2.69 bits per heavy atom. The lowest BCUT2D eigenvalue weighted by Crippen LogP contribution is -2.32. The summed E-state index contributed by atoms with van der Waals surface area (Å²) in [6.45, 7) is 3.79. The number of nitriles is 1. The lowest BCUT2D eigenvalue weighted by molar-refractivity contribution is 0.260. The van der Waals surface area contributed by atoms with Crippen LogP contribution in [0, 0.1) is 17.1 Å². The topological polar surface area (TPSA) is 56.0 Å². The van der Waals surface area contributed by atoms with Gasteiger partial charge in [0.05, 0.1) is 17.3 Å². The normalized spacial score (nSPS) is 10.9. The molecule has 0 saturated heterocycles. The molecular formula is C12H15FN2O. The van der Waals surface area contributed by atoms with E-state index in [1.54, 1.807) is 6.07 Å². The van der Waals surface area contributed by atoms with Gasteiger partial charge in [0.15, 0.2) is 0 Å². The van der Waals surface area contributed by atoms with Gasteiger partial charge in [-0.15, -0.1) is 0 Å². The number of nitrogens with one attached hydrogen (secondary N) is 1. The molecule has 16 heavy (non-hydrogen) atoms. The summed E-state index contributed by atoms with van der Waals surface area (Å²) in [5.41, 5.74) is 0.254. The first-order valence-electron chi connectivity index (χ1n) is 5.07. The molecule has 3 nitrogen and oxygen atoms in total. The Bertz CT molecular complexity index is 410. The van der Waals surface area contributed by atoms with E-state index in [-0.39, 0.29) is 12.1 Å². The van der Waals surface area contributed by atoms with E-state index in [1.807, 2.05) is 19.9 Å². The Morgan fingerprint density at radius 2 is 2.19 bits per heavy atom. The molecule has 0 aliphatic heterocycles. The highest BCUT2D eigenvalue weighted by molar-refractivity contribution is 5.50. The van der Waals surface area contributed by atoms with Crippen LogP contribution in [0.25, 0.3) is 0 Å².